The van der Waals surface area contributed by atoms with E-state index in [-0.39, 0.29) is 10.8 Å². The van der Waals surface area contributed by atoms with Crippen LogP contribution in [0.15, 0.2) is 53.4 Å². The fraction of sp³-hybridized carbons (Fsp3) is 0.350. The first-order valence-corrected chi connectivity index (χ1v) is 10.3. The Morgan fingerprint density at radius 2 is 1.85 bits per heavy atom. The van der Waals surface area contributed by atoms with Crippen LogP contribution in [-0.4, -0.2) is 32.3 Å². The highest BCUT2D eigenvalue weighted by Crippen LogP contribution is 2.23. The zero-order valence-corrected chi connectivity index (χ0v) is 15.9. The molecule has 0 radical (unpaired) electrons. The minimum atomic E-state index is -3.71. The van der Waals surface area contributed by atoms with Crippen molar-refractivity contribution >= 4 is 15.9 Å². The molecule has 1 saturated heterocycles. The Kier molecular flexibility index (Phi) is 5.44. The number of nitrogens with one attached hydrogen (secondary N) is 1. The largest absolute Gasteiger partial charge is 0.341 e. The summed E-state index contributed by atoms with van der Waals surface area (Å²) in [5, 5.41) is 0. The Morgan fingerprint density at radius 1 is 1.12 bits per heavy atom. The molecule has 1 aliphatic heterocycles. The standard InChI is InChI=1S/C20H24N2O3S/c1-15-10-11-16(2)19(13-15)26(24,25)21-18(17-7-4-3-5-8-17)14-22-12-6-9-20(22)23/h3-5,7-8,10-11,13,18,21H,6,9,12,14H2,1-2H3/t18-/m1/s1. The first-order chi connectivity index (χ1) is 12.4. The molecule has 0 spiro atoms. The lowest BCUT2D eigenvalue weighted by molar-refractivity contribution is -0.127. The average Bonchev–Trinajstić information content (AvgIpc) is 3.02. The van der Waals surface area contributed by atoms with Crippen LogP contribution >= 0.6 is 0 Å². The molecule has 1 heterocycles. The fourth-order valence-corrected chi connectivity index (χ4v) is 4.81. The number of carbonyl (C=O) groups is 1. The van der Waals surface area contributed by atoms with Crippen molar-refractivity contribution < 1.29 is 13.2 Å². The number of rotatable bonds is 6. The van der Waals surface area contributed by atoms with Crippen molar-refractivity contribution in [1.82, 2.24) is 9.62 Å². The summed E-state index contributed by atoms with van der Waals surface area (Å²) >= 11 is 0. The minimum Gasteiger partial charge on any atom is -0.341 e. The maximum Gasteiger partial charge on any atom is 0.241 e. The van der Waals surface area contributed by atoms with E-state index in [1.165, 1.54) is 0 Å². The van der Waals surface area contributed by atoms with Crippen molar-refractivity contribution in [2.75, 3.05) is 13.1 Å². The van der Waals surface area contributed by atoms with Crippen LogP contribution < -0.4 is 4.72 Å². The Bertz CT molecular complexity index is 895. The van der Waals surface area contributed by atoms with Crippen molar-refractivity contribution in [3.63, 3.8) is 0 Å². The monoisotopic (exact) mass is 372 g/mol. The number of benzene rings is 2. The van der Waals surface area contributed by atoms with Gasteiger partial charge in [-0.2, -0.15) is 0 Å². The van der Waals surface area contributed by atoms with Gasteiger partial charge >= 0.3 is 0 Å². The summed E-state index contributed by atoms with van der Waals surface area (Å²) in [6.45, 7) is 4.67. The Balaban J connectivity index is 1.91. The molecule has 2 aromatic carbocycles. The summed E-state index contributed by atoms with van der Waals surface area (Å²) in [5.74, 6) is 0.0804. The maximum atomic E-state index is 13.0. The van der Waals surface area contributed by atoms with Crippen molar-refractivity contribution in [2.45, 2.75) is 37.6 Å². The summed E-state index contributed by atoms with van der Waals surface area (Å²) in [6, 6.07) is 14.3. The number of hydrogen-bond acceptors (Lipinski definition) is 3. The topological polar surface area (TPSA) is 66.5 Å². The van der Waals surface area contributed by atoms with Crippen LogP contribution in [0.1, 0.15) is 35.6 Å². The molecule has 1 amide bonds. The van der Waals surface area contributed by atoms with E-state index in [0.717, 1.165) is 17.5 Å². The highest BCUT2D eigenvalue weighted by molar-refractivity contribution is 7.89. The summed E-state index contributed by atoms with van der Waals surface area (Å²) in [5.41, 5.74) is 2.44. The van der Waals surface area contributed by atoms with E-state index >= 15 is 0 Å². The number of sulfonamides is 1. The van der Waals surface area contributed by atoms with Crippen LogP contribution in [0.25, 0.3) is 0 Å². The highest BCUT2D eigenvalue weighted by Gasteiger charge is 2.28. The van der Waals surface area contributed by atoms with Gasteiger partial charge in [0.05, 0.1) is 10.9 Å². The fourth-order valence-electron chi connectivity index (χ4n) is 3.26. The third-order valence-corrected chi connectivity index (χ3v) is 6.32. The van der Waals surface area contributed by atoms with Crippen molar-refractivity contribution in [2.24, 2.45) is 0 Å². The van der Waals surface area contributed by atoms with Gasteiger partial charge in [-0.3, -0.25) is 4.79 Å². The van der Waals surface area contributed by atoms with Gasteiger partial charge in [-0.15, -0.1) is 0 Å². The lowest BCUT2D eigenvalue weighted by atomic mass is 10.1. The van der Waals surface area contributed by atoms with Crippen LogP contribution in [0.5, 0.6) is 0 Å². The van der Waals surface area contributed by atoms with Gasteiger partial charge in [0.1, 0.15) is 0 Å². The SMILES string of the molecule is Cc1ccc(C)c(S(=O)(=O)N[C@H](CN2CCCC2=O)c2ccccc2)c1. The van der Waals surface area contributed by atoms with Gasteiger partial charge in [0.25, 0.3) is 0 Å². The molecule has 0 aliphatic carbocycles. The molecule has 1 aliphatic rings. The predicted molar refractivity (Wildman–Crippen MR) is 101 cm³/mol. The molecule has 1 atom stereocenters. The van der Waals surface area contributed by atoms with E-state index < -0.39 is 16.1 Å². The van der Waals surface area contributed by atoms with Crippen LogP contribution in [-0.2, 0) is 14.8 Å². The van der Waals surface area contributed by atoms with Gasteiger partial charge < -0.3 is 4.90 Å². The quantitative estimate of drug-likeness (QED) is 0.848. The van der Waals surface area contributed by atoms with Crippen LogP contribution in [0.4, 0.5) is 0 Å². The zero-order chi connectivity index (χ0) is 18.7. The van der Waals surface area contributed by atoms with E-state index in [2.05, 4.69) is 4.72 Å². The Hall–Kier alpha value is -2.18. The van der Waals surface area contributed by atoms with Crippen molar-refractivity contribution in [3.8, 4) is 0 Å². The van der Waals surface area contributed by atoms with Gasteiger partial charge in [-0.05, 0) is 43.0 Å². The summed E-state index contributed by atoms with van der Waals surface area (Å²) in [6.07, 6.45) is 1.36. The third kappa shape index (κ3) is 4.14. The molecule has 26 heavy (non-hydrogen) atoms. The van der Waals surface area contributed by atoms with E-state index in [4.69, 9.17) is 0 Å². The maximum absolute atomic E-state index is 13.0. The normalized spacial score (nSPS) is 16.1. The number of hydrogen-bond donors (Lipinski definition) is 1. The number of likely N-dealkylation sites (tertiary alicyclic amines) is 1. The molecule has 6 heteroatoms. The molecule has 0 unspecified atom stereocenters. The summed E-state index contributed by atoms with van der Waals surface area (Å²) in [4.78, 5) is 14.0. The average molecular weight is 372 g/mol. The predicted octanol–water partition coefficient (Wildman–Crippen LogP) is 2.95. The first-order valence-electron chi connectivity index (χ1n) is 8.79. The lowest BCUT2D eigenvalue weighted by Gasteiger charge is -2.25. The highest BCUT2D eigenvalue weighted by atomic mass is 32.2. The number of nitrogens with zero attached hydrogens (tertiary/aromatic N) is 1. The second-order valence-corrected chi connectivity index (χ2v) is 8.48. The van der Waals surface area contributed by atoms with Crippen LogP contribution in [0.3, 0.4) is 0 Å². The van der Waals surface area contributed by atoms with Gasteiger partial charge in [0, 0.05) is 19.5 Å². The van der Waals surface area contributed by atoms with E-state index in [9.17, 15) is 13.2 Å². The third-order valence-electron chi connectivity index (χ3n) is 4.71. The molecule has 5 nitrogen and oxygen atoms in total. The second kappa shape index (κ2) is 7.60. The number of carbonyl (C=O) groups excluding carboxylic acids is 1. The molecular weight excluding hydrogens is 348 g/mol. The van der Waals surface area contributed by atoms with Crippen LogP contribution in [0, 0.1) is 13.8 Å². The molecule has 0 bridgehead atoms. The molecule has 0 saturated carbocycles. The number of amides is 1. The summed E-state index contributed by atoms with van der Waals surface area (Å²) in [7, 11) is -3.71. The van der Waals surface area contributed by atoms with E-state index in [1.54, 1.807) is 17.9 Å². The van der Waals surface area contributed by atoms with Crippen molar-refractivity contribution in [3.05, 3.63) is 65.2 Å². The first kappa shape index (κ1) is 18.6. The van der Waals surface area contributed by atoms with Gasteiger partial charge in [-0.25, -0.2) is 13.1 Å². The van der Waals surface area contributed by atoms with Crippen molar-refractivity contribution in [1.29, 1.82) is 0 Å². The van der Waals surface area contributed by atoms with Gasteiger partial charge in [0.15, 0.2) is 0 Å². The molecule has 1 fully saturated rings. The zero-order valence-electron chi connectivity index (χ0n) is 15.1. The molecule has 2 aromatic rings. The molecule has 1 N–H and O–H groups in total. The van der Waals surface area contributed by atoms with Gasteiger partial charge in [-0.1, -0.05) is 42.5 Å². The lowest BCUT2D eigenvalue weighted by Crippen LogP contribution is -2.38. The summed E-state index contributed by atoms with van der Waals surface area (Å²) < 4.78 is 28.9. The van der Waals surface area contributed by atoms with E-state index in [1.807, 2.05) is 49.4 Å². The molecular formula is C20H24N2O3S. The number of aryl methyl sites for hydroxylation is 2. The molecule has 138 valence electrons. The molecule has 0 aromatic heterocycles. The molecule has 3 rings (SSSR count). The Labute approximate surface area is 155 Å². The van der Waals surface area contributed by atoms with E-state index in [0.29, 0.717) is 25.1 Å². The Morgan fingerprint density at radius 3 is 2.50 bits per heavy atom. The van der Waals surface area contributed by atoms with Crippen LogP contribution in [0.2, 0.25) is 0 Å². The smallest absolute Gasteiger partial charge is 0.241 e. The second-order valence-electron chi connectivity index (χ2n) is 6.80. The minimum absolute atomic E-state index is 0.0804. The van der Waals surface area contributed by atoms with Gasteiger partial charge in [0.2, 0.25) is 15.9 Å².